The highest BCUT2D eigenvalue weighted by atomic mass is 35.5. The third-order valence-electron chi connectivity index (χ3n) is 3.47. The van der Waals surface area contributed by atoms with E-state index < -0.39 is 0 Å². The van der Waals surface area contributed by atoms with Crippen LogP contribution in [0.15, 0.2) is 33.9 Å². The molecule has 0 radical (unpaired) electrons. The number of nitrogens with one attached hydrogen (secondary N) is 1. The Kier molecular flexibility index (Phi) is 7.55. The van der Waals surface area contributed by atoms with Crippen LogP contribution in [0.5, 0.6) is 0 Å². The summed E-state index contributed by atoms with van der Waals surface area (Å²) in [5.41, 5.74) is 0.794. The molecule has 6 nitrogen and oxygen atoms in total. The molecule has 1 heterocycles. The molecule has 130 valence electrons. The van der Waals surface area contributed by atoms with Crippen LogP contribution in [-0.2, 0) is 4.79 Å². The molecule has 0 fully saturated rings. The van der Waals surface area contributed by atoms with E-state index in [1.165, 1.54) is 11.8 Å². The molecule has 0 spiro atoms. The van der Waals surface area contributed by atoms with Crippen LogP contribution in [0.25, 0.3) is 11.5 Å². The molecular weight excluding hydrogens is 348 g/mol. The molecule has 2 rings (SSSR count). The van der Waals surface area contributed by atoms with Gasteiger partial charge in [-0.3, -0.25) is 4.79 Å². The number of hydrogen-bond donors (Lipinski definition) is 1. The molecule has 0 bridgehead atoms. The van der Waals surface area contributed by atoms with Crippen LogP contribution in [0.4, 0.5) is 0 Å². The van der Waals surface area contributed by atoms with Gasteiger partial charge >= 0.3 is 0 Å². The number of rotatable bonds is 9. The number of carbonyl (C=O) groups excluding carboxylic acids is 1. The van der Waals surface area contributed by atoms with Crippen LogP contribution in [0.2, 0.25) is 5.02 Å². The fourth-order valence-corrected chi connectivity index (χ4v) is 2.77. The maximum atomic E-state index is 11.8. The molecule has 0 atom stereocenters. The molecule has 24 heavy (non-hydrogen) atoms. The van der Waals surface area contributed by atoms with Crippen molar-refractivity contribution in [1.82, 2.24) is 20.4 Å². The zero-order valence-corrected chi connectivity index (χ0v) is 15.4. The van der Waals surface area contributed by atoms with E-state index in [0.29, 0.717) is 22.7 Å². The Morgan fingerprint density at radius 3 is 2.62 bits per heavy atom. The zero-order chi connectivity index (χ0) is 17.4. The Balaban J connectivity index is 1.76. The molecule has 0 saturated heterocycles. The topological polar surface area (TPSA) is 71.3 Å². The highest BCUT2D eigenvalue weighted by Crippen LogP contribution is 2.24. The molecule has 1 aromatic heterocycles. The van der Waals surface area contributed by atoms with Gasteiger partial charge in [0.05, 0.1) is 5.75 Å². The van der Waals surface area contributed by atoms with Gasteiger partial charge in [0.2, 0.25) is 11.8 Å². The Bertz CT molecular complexity index is 644. The first-order chi connectivity index (χ1) is 11.6. The van der Waals surface area contributed by atoms with Crippen molar-refractivity contribution in [3.05, 3.63) is 29.3 Å². The maximum absolute atomic E-state index is 11.8. The highest BCUT2D eigenvalue weighted by Gasteiger charge is 2.11. The lowest BCUT2D eigenvalue weighted by Crippen LogP contribution is -2.35. The summed E-state index contributed by atoms with van der Waals surface area (Å²) in [7, 11) is 0. The molecule has 1 amide bonds. The van der Waals surface area contributed by atoms with Crippen LogP contribution in [0.1, 0.15) is 13.8 Å². The van der Waals surface area contributed by atoms with Gasteiger partial charge in [-0.2, -0.15) is 0 Å². The third kappa shape index (κ3) is 5.81. The molecule has 1 N–H and O–H groups in total. The van der Waals surface area contributed by atoms with Crippen LogP contribution >= 0.6 is 23.4 Å². The van der Waals surface area contributed by atoms with Gasteiger partial charge in [-0.15, -0.1) is 10.2 Å². The van der Waals surface area contributed by atoms with Gasteiger partial charge in [-0.25, -0.2) is 0 Å². The molecule has 1 aromatic carbocycles. The Morgan fingerprint density at radius 1 is 1.25 bits per heavy atom. The van der Waals surface area contributed by atoms with Gasteiger partial charge in [0.25, 0.3) is 5.22 Å². The van der Waals surface area contributed by atoms with Crippen LogP contribution < -0.4 is 5.32 Å². The van der Waals surface area contributed by atoms with Gasteiger partial charge in [-0.1, -0.05) is 37.2 Å². The Labute approximate surface area is 151 Å². The lowest BCUT2D eigenvalue weighted by molar-refractivity contribution is -0.118. The van der Waals surface area contributed by atoms with Gasteiger partial charge < -0.3 is 14.6 Å². The molecule has 0 aliphatic carbocycles. The largest absolute Gasteiger partial charge is 0.411 e. The van der Waals surface area contributed by atoms with E-state index in [4.69, 9.17) is 16.0 Å². The second-order valence-electron chi connectivity index (χ2n) is 5.05. The first-order valence-corrected chi connectivity index (χ1v) is 9.20. The van der Waals surface area contributed by atoms with Crippen LogP contribution in [-0.4, -0.2) is 52.9 Å². The van der Waals surface area contributed by atoms with E-state index in [9.17, 15) is 4.79 Å². The van der Waals surface area contributed by atoms with Gasteiger partial charge in [0, 0.05) is 23.7 Å². The molecule has 2 aromatic rings. The number of thioether (sulfide) groups is 1. The monoisotopic (exact) mass is 368 g/mol. The first-order valence-electron chi connectivity index (χ1n) is 7.83. The number of aromatic nitrogens is 2. The zero-order valence-electron chi connectivity index (χ0n) is 13.8. The Morgan fingerprint density at radius 2 is 1.96 bits per heavy atom. The third-order valence-corrected chi connectivity index (χ3v) is 4.54. The lowest BCUT2D eigenvalue weighted by atomic mass is 10.2. The molecule has 0 unspecified atom stereocenters. The number of carbonyl (C=O) groups is 1. The fraction of sp³-hybridized carbons (Fsp3) is 0.438. The van der Waals surface area contributed by atoms with Crippen LogP contribution in [0, 0.1) is 0 Å². The minimum absolute atomic E-state index is 0.0431. The summed E-state index contributed by atoms with van der Waals surface area (Å²) in [6, 6.07) is 7.14. The van der Waals surface area contributed by atoms with E-state index >= 15 is 0 Å². The van der Waals surface area contributed by atoms with Crippen molar-refractivity contribution in [2.75, 3.05) is 31.9 Å². The summed E-state index contributed by atoms with van der Waals surface area (Å²) in [5, 5.41) is 11.8. The number of nitrogens with zero attached hydrogens (tertiary/aromatic N) is 3. The van der Waals surface area contributed by atoms with Crippen molar-refractivity contribution >= 4 is 29.3 Å². The number of halogens is 1. The first kappa shape index (κ1) is 18.8. The summed E-state index contributed by atoms with van der Waals surface area (Å²) in [4.78, 5) is 14.1. The summed E-state index contributed by atoms with van der Waals surface area (Å²) >= 11 is 7.08. The highest BCUT2D eigenvalue weighted by molar-refractivity contribution is 7.99. The lowest BCUT2D eigenvalue weighted by Gasteiger charge is -2.17. The minimum Gasteiger partial charge on any atom is -0.411 e. The standard InChI is InChI=1S/C16H21ClN4O2S/c1-3-21(4-2)10-9-18-14(22)11-24-16-20-19-15(23-16)12-5-7-13(17)8-6-12/h5-8H,3-4,9-11H2,1-2H3,(H,18,22). The minimum atomic E-state index is -0.0431. The normalized spacial score (nSPS) is 11.0. The van der Waals surface area contributed by atoms with E-state index in [2.05, 4.69) is 34.3 Å². The van der Waals surface area contributed by atoms with Crippen LogP contribution in [0.3, 0.4) is 0 Å². The number of benzene rings is 1. The number of hydrogen-bond acceptors (Lipinski definition) is 6. The Hall–Kier alpha value is -1.57. The van der Waals surface area contributed by atoms with Crippen molar-refractivity contribution in [3.8, 4) is 11.5 Å². The second-order valence-corrected chi connectivity index (χ2v) is 6.41. The quantitative estimate of drug-likeness (QED) is 0.686. The van der Waals surface area contributed by atoms with Gasteiger partial charge in [-0.05, 0) is 37.4 Å². The average Bonchev–Trinajstić information content (AvgIpc) is 3.06. The van der Waals surface area contributed by atoms with Crippen molar-refractivity contribution in [1.29, 1.82) is 0 Å². The van der Waals surface area contributed by atoms with E-state index in [0.717, 1.165) is 25.2 Å². The molecule has 0 aliphatic rings. The van der Waals surface area contributed by atoms with Gasteiger partial charge in [0.15, 0.2) is 0 Å². The molecule has 0 aliphatic heterocycles. The van der Waals surface area contributed by atoms with Crippen molar-refractivity contribution < 1.29 is 9.21 Å². The van der Waals surface area contributed by atoms with E-state index in [-0.39, 0.29) is 11.7 Å². The second kappa shape index (κ2) is 9.66. The fourth-order valence-electron chi connectivity index (χ4n) is 2.05. The van der Waals surface area contributed by atoms with E-state index in [1.54, 1.807) is 12.1 Å². The van der Waals surface area contributed by atoms with Crippen molar-refractivity contribution in [3.63, 3.8) is 0 Å². The summed E-state index contributed by atoms with van der Waals surface area (Å²) < 4.78 is 5.55. The summed E-state index contributed by atoms with van der Waals surface area (Å²) in [5.74, 6) is 0.620. The smallest absolute Gasteiger partial charge is 0.277 e. The summed E-state index contributed by atoms with van der Waals surface area (Å²) in [6.07, 6.45) is 0. The van der Waals surface area contributed by atoms with Crippen molar-refractivity contribution in [2.45, 2.75) is 19.1 Å². The number of amides is 1. The average molecular weight is 369 g/mol. The molecule has 0 saturated carbocycles. The SMILES string of the molecule is CCN(CC)CCNC(=O)CSc1nnc(-c2ccc(Cl)cc2)o1. The predicted octanol–water partition coefficient (Wildman–Crippen LogP) is 2.94. The number of likely N-dealkylation sites (N-methyl/N-ethyl adjacent to an activating group) is 1. The van der Waals surface area contributed by atoms with Crippen molar-refractivity contribution in [2.24, 2.45) is 0 Å². The van der Waals surface area contributed by atoms with E-state index in [1.807, 2.05) is 12.1 Å². The predicted molar refractivity (Wildman–Crippen MR) is 96.3 cm³/mol. The molecular formula is C16H21ClN4O2S. The van der Waals surface area contributed by atoms with Gasteiger partial charge in [0.1, 0.15) is 0 Å². The summed E-state index contributed by atoms with van der Waals surface area (Å²) in [6.45, 7) is 7.67. The maximum Gasteiger partial charge on any atom is 0.277 e. The molecule has 8 heteroatoms.